The molecular formula is C8H14N4OS. The van der Waals surface area contributed by atoms with Crippen LogP contribution in [0.3, 0.4) is 0 Å². The molecule has 1 N–H and O–H groups in total. The molecule has 1 aliphatic heterocycles. The maximum atomic E-state index is 10.3. The first-order valence-electron chi connectivity index (χ1n) is 4.63. The maximum Gasteiger partial charge on any atom is 0.177 e. The molecule has 0 aromatic carbocycles. The molecule has 6 heteroatoms. The molecule has 1 saturated heterocycles. The number of thioether (sulfide) groups is 1. The van der Waals surface area contributed by atoms with Crippen LogP contribution < -0.4 is 0 Å². The molecule has 2 heterocycles. The molecule has 0 saturated carbocycles. The van der Waals surface area contributed by atoms with E-state index in [4.69, 9.17) is 0 Å². The number of tetrazole rings is 1. The van der Waals surface area contributed by atoms with Gasteiger partial charge in [-0.15, -0.1) is 10.2 Å². The highest BCUT2D eigenvalue weighted by atomic mass is 32.2. The van der Waals surface area contributed by atoms with E-state index in [0.29, 0.717) is 18.2 Å². The second kappa shape index (κ2) is 3.51. The number of aromatic nitrogens is 4. The van der Waals surface area contributed by atoms with E-state index in [1.54, 1.807) is 18.8 Å². The van der Waals surface area contributed by atoms with E-state index in [9.17, 15) is 5.11 Å². The predicted molar refractivity (Wildman–Crippen MR) is 53.9 cm³/mol. The number of rotatable bonds is 2. The summed E-state index contributed by atoms with van der Waals surface area (Å²) in [5.74, 6) is 2.71. The molecule has 1 aliphatic rings. The average molecular weight is 214 g/mol. The molecule has 1 fully saturated rings. The molecule has 2 unspecified atom stereocenters. The lowest BCUT2D eigenvalue weighted by Gasteiger charge is -2.24. The van der Waals surface area contributed by atoms with Crippen molar-refractivity contribution in [1.82, 2.24) is 20.2 Å². The average Bonchev–Trinajstić information content (AvgIpc) is 2.62. The molecule has 0 amide bonds. The molecule has 2 rings (SSSR count). The molecule has 78 valence electrons. The first kappa shape index (κ1) is 9.92. The van der Waals surface area contributed by atoms with Gasteiger partial charge in [0.15, 0.2) is 5.82 Å². The Labute approximate surface area is 86.9 Å². The summed E-state index contributed by atoms with van der Waals surface area (Å²) in [5.41, 5.74) is -0.645. The smallest absolute Gasteiger partial charge is 0.177 e. The molecule has 14 heavy (non-hydrogen) atoms. The summed E-state index contributed by atoms with van der Waals surface area (Å²) in [6.45, 7) is 2.07. The highest BCUT2D eigenvalue weighted by Crippen LogP contribution is 2.35. The summed E-state index contributed by atoms with van der Waals surface area (Å²) < 4.78 is 0. The predicted octanol–water partition coefficient (Wildman–Crippen LogP) is -0.133. The molecule has 1 aromatic rings. The van der Waals surface area contributed by atoms with Gasteiger partial charge >= 0.3 is 0 Å². The van der Waals surface area contributed by atoms with E-state index in [2.05, 4.69) is 22.3 Å². The Morgan fingerprint density at radius 2 is 2.50 bits per heavy atom. The minimum atomic E-state index is -0.645. The van der Waals surface area contributed by atoms with Crippen molar-refractivity contribution in [3.63, 3.8) is 0 Å². The standard InChI is InChI=1S/C8H14N4OS/c1-6-4-14-5-8(6,13)3-7-9-11-12(2)10-7/h6,13H,3-5H2,1-2H3. The Balaban J connectivity index is 2.10. The van der Waals surface area contributed by atoms with Gasteiger partial charge in [0.25, 0.3) is 0 Å². The van der Waals surface area contributed by atoms with Gasteiger partial charge in [-0.05, 0) is 16.9 Å². The molecule has 0 bridgehead atoms. The zero-order valence-corrected chi connectivity index (χ0v) is 9.16. The van der Waals surface area contributed by atoms with Gasteiger partial charge in [-0.25, -0.2) is 0 Å². The topological polar surface area (TPSA) is 63.8 Å². The summed E-state index contributed by atoms with van der Waals surface area (Å²) in [5, 5.41) is 22.0. The first-order valence-corrected chi connectivity index (χ1v) is 5.79. The lowest BCUT2D eigenvalue weighted by molar-refractivity contribution is 0.0259. The van der Waals surface area contributed by atoms with Gasteiger partial charge in [0.1, 0.15) is 0 Å². The van der Waals surface area contributed by atoms with Crippen LogP contribution in [0.4, 0.5) is 0 Å². The Bertz CT molecular complexity index is 329. The fraction of sp³-hybridized carbons (Fsp3) is 0.875. The summed E-state index contributed by atoms with van der Waals surface area (Å²) in [6, 6.07) is 0. The number of hydrogen-bond acceptors (Lipinski definition) is 5. The van der Waals surface area contributed by atoms with Crippen molar-refractivity contribution in [2.45, 2.75) is 18.9 Å². The van der Waals surface area contributed by atoms with E-state index in [1.165, 1.54) is 4.80 Å². The molecule has 2 atom stereocenters. The van der Waals surface area contributed by atoms with Crippen LogP contribution in [0.2, 0.25) is 0 Å². The molecule has 0 spiro atoms. The van der Waals surface area contributed by atoms with Crippen LogP contribution in [-0.2, 0) is 13.5 Å². The zero-order valence-electron chi connectivity index (χ0n) is 8.34. The lowest BCUT2D eigenvalue weighted by atomic mass is 9.89. The fourth-order valence-electron chi connectivity index (χ4n) is 1.60. The molecule has 5 nitrogen and oxygen atoms in total. The van der Waals surface area contributed by atoms with E-state index >= 15 is 0 Å². The van der Waals surface area contributed by atoms with Crippen molar-refractivity contribution in [3.8, 4) is 0 Å². The van der Waals surface area contributed by atoms with Crippen LogP contribution in [0.5, 0.6) is 0 Å². The third-order valence-corrected chi connectivity index (χ3v) is 4.09. The first-order chi connectivity index (χ1) is 6.60. The zero-order chi connectivity index (χ0) is 10.2. The van der Waals surface area contributed by atoms with E-state index in [1.807, 2.05) is 0 Å². The Hall–Kier alpha value is -0.620. The Morgan fingerprint density at radius 3 is 3.00 bits per heavy atom. The quantitative estimate of drug-likeness (QED) is 0.743. The lowest BCUT2D eigenvalue weighted by Crippen LogP contribution is -2.38. The SMILES string of the molecule is CC1CSCC1(O)Cc1nnn(C)n1. The summed E-state index contributed by atoms with van der Waals surface area (Å²) >= 11 is 1.78. The van der Waals surface area contributed by atoms with Gasteiger partial charge in [0.2, 0.25) is 0 Å². The minimum absolute atomic E-state index is 0.302. The Morgan fingerprint density at radius 1 is 1.71 bits per heavy atom. The van der Waals surface area contributed by atoms with Crippen LogP contribution in [0.25, 0.3) is 0 Å². The maximum absolute atomic E-state index is 10.3. The highest BCUT2D eigenvalue weighted by molar-refractivity contribution is 7.99. The van der Waals surface area contributed by atoms with Gasteiger partial charge in [-0.3, -0.25) is 0 Å². The summed E-state index contributed by atoms with van der Waals surface area (Å²) in [6.07, 6.45) is 0.509. The van der Waals surface area contributed by atoms with E-state index in [0.717, 1.165) is 11.5 Å². The second-order valence-corrected chi connectivity index (χ2v) is 4.92. The van der Waals surface area contributed by atoms with Gasteiger partial charge in [0, 0.05) is 12.2 Å². The van der Waals surface area contributed by atoms with Crippen LogP contribution in [0, 0.1) is 5.92 Å². The van der Waals surface area contributed by atoms with Crippen molar-refractivity contribution >= 4 is 11.8 Å². The molecule has 0 radical (unpaired) electrons. The summed E-state index contributed by atoms with van der Waals surface area (Å²) in [7, 11) is 1.73. The number of aliphatic hydroxyl groups is 1. The number of nitrogens with zero attached hydrogens (tertiary/aromatic N) is 4. The second-order valence-electron chi connectivity index (χ2n) is 3.89. The third-order valence-electron chi connectivity index (χ3n) is 2.65. The number of aryl methyl sites for hydroxylation is 1. The number of hydrogen-bond donors (Lipinski definition) is 1. The van der Waals surface area contributed by atoms with Crippen molar-refractivity contribution in [1.29, 1.82) is 0 Å². The normalized spacial score (nSPS) is 32.4. The van der Waals surface area contributed by atoms with E-state index < -0.39 is 5.60 Å². The molecule has 1 aromatic heterocycles. The van der Waals surface area contributed by atoms with Crippen molar-refractivity contribution < 1.29 is 5.11 Å². The monoisotopic (exact) mass is 214 g/mol. The molecule has 0 aliphatic carbocycles. The molecular weight excluding hydrogens is 200 g/mol. The van der Waals surface area contributed by atoms with Gasteiger partial charge in [0.05, 0.1) is 12.6 Å². The van der Waals surface area contributed by atoms with Crippen LogP contribution in [0.1, 0.15) is 12.7 Å². The Kier molecular flexibility index (Phi) is 2.48. The van der Waals surface area contributed by atoms with E-state index in [-0.39, 0.29) is 0 Å². The van der Waals surface area contributed by atoms with Gasteiger partial charge in [-0.1, -0.05) is 6.92 Å². The fourth-order valence-corrected chi connectivity index (χ4v) is 3.12. The van der Waals surface area contributed by atoms with Crippen molar-refractivity contribution in [2.75, 3.05) is 11.5 Å². The largest absolute Gasteiger partial charge is 0.388 e. The van der Waals surface area contributed by atoms with Crippen LogP contribution >= 0.6 is 11.8 Å². The summed E-state index contributed by atoms with van der Waals surface area (Å²) in [4.78, 5) is 1.42. The van der Waals surface area contributed by atoms with Crippen LogP contribution in [-0.4, -0.2) is 42.4 Å². The van der Waals surface area contributed by atoms with Gasteiger partial charge < -0.3 is 5.11 Å². The van der Waals surface area contributed by atoms with Crippen molar-refractivity contribution in [2.24, 2.45) is 13.0 Å². The van der Waals surface area contributed by atoms with Crippen molar-refractivity contribution in [3.05, 3.63) is 5.82 Å². The highest BCUT2D eigenvalue weighted by Gasteiger charge is 2.39. The minimum Gasteiger partial charge on any atom is -0.388 e. The van der Waals surface area contributed by atoms with Crippen LogP contribution in [0.15, 0.2) is 0 Å². The van der Waals surface area contributed by atoms with Gasteiger partial charge in [-0.2, -0.15) is 16.6 Å². The third kappa shape index (κ3) is 1.76.